The highest BCUT2D eigenvalue weighted by molar-refractivity contribution is 5.81. The van der Waals surface area contributed by atoms with Gasteiger partial charge in [-0.15, -0.1) is 0 Å². The first-order chi connectivity index (χ1) is 8.12. The van der Waals surface area contributed by atoms with E-state index in [0.717, 1.165) is 43.7 Å². The Hall–Kier alpha value is -1.51. The zero-order valence-corrected chi connectivity index (χ0v) is 10.3. The number of aldehydes is 1. The van der Waals surface area contributed by atoms with E-state index in [1.165, 1.54) is 11.3 Å². The standard InChI is InChI=1S/C14H17NO2/c1-14(2)3-4-15-5-6-17-12-8-10(9-16)7-11(14)13(12)15/h7-9H,3-6H2,1-2H3. The van der Waals surface area contributed by atoms with Gasteiger partial charge >= 0.3 is 0 Å². The van der Waals surface area contributed by atoms with Crippen LogP contribution in [0.3, 0.4) is 0 Å². The molecule has 0 aromatic heterocycles. The van der Waals surface area contributed by atoms with Crippen molar-refractivity contribution in [1.82, 2.24) is 0 Å². The lowest BCUT2D eigenvalue weighted by atomic mass is 9.76. The Morgan fingerprint density at radius 2 is 2.18 bits per heavy atom. The molecule has 0 saturated heterocycles. The molecule has 1 aromatic carbocycles. The summed E-state index contributed by atoms with van der Waals surface area (Å²) in [6.07, 6.45) is 2.03. The lowest BCUT2D eigenvalue weighted by molar-refractivity contribution is 0.112. The van der Waals surface area contributed by atoms with Crippen molar-refractivity contribution >= 4 is 12.0 Å². The molecule has 0 fully saturated rings. The predicted octanol–water partition coefficient (Wildman–Crippen LogP) is 2.38. The Bertz CT molecular complexity index is 479. The summed E-state index contributed by atoms with van der Waals surface area (Å²) in [5, 5.41) is 0. The summed E-state index contributed by atoms with van der Waals surface area (Å²) in [4.78, 5) is 13.4. The largest absolute Gasteiger partial charge is 0.490 e. The smallest absolute Gasteiger partial charge is 0.150 e. The van der Waals surface area contributed by atoms with E-state index in [-0.39, 0.29) is 5.41 Å². The fraction of sp³-hybridized carbons (Fsp3) is 0.500. The van der Waals surface area contributed by atoms with Crippen LogP contribution >= 0.6 is 0 Å². The van der Waals surface area contributed by atoms with Crippen LogP contribution in [-0.4, -0.2) is 26.0 Å². The monoisotopic (exact) mass is 231 g/mol. The van der Waals surface area contributed by atoms with Crippen LogP contribution < -0.4 is 9.64 Å². The van der Waals surface area contributed by atoms with E-state index in [4.69, 9.17) is 4.74 Å². The molecule has 3 rings (SSSR count). The summed E-state index contributed by atoms with van der Waals surface area (Å²) >= 11 is 0. The zero-order chi connectivity index (χ0) is 12.0. The van der Waals surface area contributed by atoms with Gasteiger partial charge in [-0.3, -0.25) is 4.79 Å². The van der Waals surface area contributed by atoms with Gasteiger partial charge in [-0.2, -0.15) is 0 Å². The van der Waals surface area contributed by atoms with Gasteiger partial charge in [0.25, 0.3) is 0 Å². The summed E-state index contributed by atoms with van der Waals surface area (Å²) in [5.74, 6) is 0.878. The van der Waals surface area contributed by atoms with Crippen molar-refractivity contribution in [3.05, 3.63) is 23.3 Å². The third-order valence-corrected chi connectivity index (χ3v) is 3.90. The molecule has 0 N–H and O–H groups in total. The molecule has 17 heavy (non-hydrogen) atoms. The fourth-order valence-corrected chi connectivity index (χ4v) is 2.80. The number of hydrogen-bond donors (Lipinski definition) is 0. The number of carbonyl (C=O) groups excluding carboxylic acids is 1. The second kappa shape index (κ2) is 3.49. The number of rotatable bonds is 1. The molecule has 90 valence electrons. The van der Waals surface area contributed by atoms with Gasteiger partial charge in [-0.1, -0.05) is 13.8 Å². The molecule has 0 amide bonds. The van der Waals surface area contributed by atoms with Crippen molar-refractivity contribution in [3.63, 3.8) is 0 Å². The molecule has 2 aliphatic rings. The molecule has 3 nitrogen and oxygen atoms in total. The highest BCUT2D eigenvalue weighted by atomic mass is 16.5. The van der Waals surface area contributed by atoms with Crippen LogP contribution in [0.5, 0.6) is 5.75 Å². The average Bonchev–Trinajstić information content (AvgIpc) is 2.33. The van der Waals surface area contributed by atoms with E-state index in [0.29, 0.717) is 0 Å². The van der Waals surface area contributed by atoms with E-state index < -0.39 is 0 Å². The Balaban J connectivity index is 2.26. The predicted molar refractivity (Wildman–Crippen MR) is 67.2 cm³/mol. The number of carbonyl (C=O) groups is 1. The Morgan fingerprint density at radius 3 is 2.94 bits per heavy atom. The molecule has 0 radical (unpaired) electrons. The van der Waals surface area contributed by atoms with Gasteiger partial charge in [0, 0.05) is 12.1 Å². The van der Waals surface area contributed by atoms with Crippen LogP contribution in [0, 0.1) is 0 Å². The van der Waals surface area contributed by atoms with Crippen LogP contribution in [0.4, 0.5) is 5.69 Å². The summed E-state index contributed by atoms with van der Waals surface area (Å²) in [6.45, 7) is 7.23. The lowest BCUT2D eigenvalue weighted by Gasteiger charge is -2.43. The first kappa shape index (κ1) is 10.6. The van der Waals surface area contributed by atoms with Crippen LogP contribution in [0.25, 0.3) is 0 Å². The number of benzene rings is 1. The van der Waals surface area contributed by atoms with Gasteiger partial charge in [0.15, 0.2) is 0 Å². The Labute approximate surface area is 101 Å². The molecule has 2 aliphatic heterocycles. The Kier molecular flexibility index (Phi) is 2.18. The molecular weight excluding hydrogens is 214 g/mol. The quantitative estimate of drug-likeness (QED) is 0.695. The van der Waals surface area contributed by atoms with Gasteiger partial charge in [-0.25, -0.2) is 0 Å². The summed E-state index contributed by atoms with van der Waals surface area (Å²) in [6, 6.07) is 3.88. The van der Waals surface area contributed by atoms with E-state index in [2.05, 4.69) is 18.7 Å². The lowest BCUT2D eigenvalue weighted by Crippen LogP contribution is -2.42. The van der Waals surface area contributed by atoms with E-state index >= 15 is 0 Å². The van der Waals surface area contributed by atoms with Crippen molar-refractivity contribution in [2.45, 2.75) is 25.7 Å². The van der Waals surface area contributed by atoms with Crippen LogP contribution in [0.1, 0.15) is 36.2 Å². The van der Waals surface area contributed by atoms with Crippen molar-refractivity contribution in [2.24, 2.45) is 0 Å². The minimum atomic E-state index is 0.125. The molecule has 0 aliphatic carbocycles. The number of anilines is 1. The summed E-state index contributed by atoms with van der Waals surface area (Å²) in [5.41, 5.74) is 3.30. The van der Waals surface area contributed by atoms with Crippen LogP contribution in [0.15, 0.2) is 12.1 Å². The van der Waals surface area contributed by atoms with Gasteiger partial charge in [0.05, 0.1) is 12.2 Å². The normalized spacial score (nSPS) is 20.5. The molecule has 3 heteroatoms. The first-order valence-corrected chi connectivity index (χ1v) is 6.13. The second-order valence-electron chi connectivity index (χ2n) is 5.50. The highest BCUT2D eigenvalue weighted by Crippen LogP contribution is 2.46. The van der Waals surface area contributed by atoms with Gasteiger partial charge < -0.3 is 9.64 Å². The van der Waals surface area contributed by atoms with Gasteiger partial charge in [0.1, 0.15) is 18.6 Å². The molecular formula is C14H17NO2. The summed E-state index contributed by atoms with van der Waals surface area (Å²) in [7, 11) is 0. The molecule has 0 spiro atoms. The topological polar surface area (TPSA) is 29.5 Å². The minimum absolute atomic E-state index is 0.125. The third kappa shape index (κ3) is 1.53. The van der Waals surface area contributed by atoms with E-state index in [9.17, 15) is 4.79 Å². The van der Waals surface area contributed by atoms with Gasteiger partial charge in [0.2, 0.25) is 0 Å². The minimum Gasteiger partial charge on any atom is -0.490 e. The zero-order valence-electron chi connectivity index (χ0n) is 10.3. The molecule has 0 bridgehead atoms. The maximum absolute atomic E-state index is 11.0. The first-order valence-electron chi connectivity index (χ1n) is 6.13. The van der Waals surface area contributed by atoms with E-state index in [1.807, 2.05) is 12.1 Å². The maximum Gasteiger partial charge on any atom is 0.150 e. The number of nitrogens with zero attached hydrogens (tertiary/aromatic N) is 1. The van der Waals surface area contributed by atoms with E-state index in [1.54, 1.807) is 0 Å². The van der Waals surface area contributed by atoms with Gasteiger partial charge in [-0.05, 0) is 29.5 Å². The number of hydrogen-bond acceptors (Lipinski definition) is 3. The molecule has 1 aromatic rings. The van der Waals surface area contributed by atoms with Crippen LogP contribution in [0.2, 0.25) is 0 Å². The Morgan fingerprint density at radius 1 is 1.35 bits per heavy atom. The highest BCUT2D eigenvalue weighted by Gasteiger charge is 2.35. The molecule has 0 unspecified atom stereocenters. The number of ether oxygens (including phenoxy) is 1. The third-order valence-electron chi connectivity index (χ3n) is 3.90. The molecule has 0 atom stereocenters. The van der Waals surface area contributed by atoms with Crippen molar-refractivity contribution < 1.29 is 9.53 Å². The van der Waals surface area contributed by atoms with Crippen molar-refractivity contribution in [3.8, 4) is 5.75 Å². The van der Waals surface area contributed by atoms with Crippen molar-refractivity contribution in [1.29, 1.82) is 0 Å². The maximum atomic E-state index is 11.0. The molecule has 2 heterocycles. The van der Waals surface area contributed by atoms with Crippen molar-refractivity contribution in [2.75, 3.05) is 24.6 Å². The average molecular weight is 231 g/mol. The fourth-order valence-electron chi connectivity index (χ4n) is 2.80. The second-order valence-corrected chi connectivity index (χ2v) is 5.50. The summed E-state index contributed by atoms with van der Waals surface area (Å²) < 4.78 is 5.71. The van der Waals surface area contributed by atoms with Crippen LogP contribution in [-0.2, 0) is 5.41 Å². The molecule has 0 saturated carbocycles. The SMILES string of the molecule is CC1(C)CCN2CCOc3cc(C=O)cc1c32.